The van der Waals surface area contributed by atoms with Gasteiger partial charge in [-0.05, 0) is 40.7 Å². The topological polar surface area (TPSA) is 90.3 Å². The van der Waals surface area contributed by atoms with Crippen LogP contribution >= 0.6 is 0 Å². The fraction of sp³-hybridized carbons (Fsp3) is 0.412. The maximum Gasteiger partial charge on any atom is 0.340 e. The third-order valence-electron chi connectivity index (χ3n) is 3.84. The lowest BCUT2D eigenvalue weighted by molar-refractivity contribution is 0.0595. The molecule has 2 rings (SSSR count). The maximum atomic E-state index is 14.1. The largest absolute Gasteiger partial charge is 0.465 e. The molecular weight excluding hydrogens is 380 g/mol. The minimum atomic E-state index is -4.25. The van der Waals surface area contributed by atoms with Crippen LogP contribution in [-0.4, -0.2) is 31.3 Å². The number of aromatic nitrogens is 2. The van der Waals surface area contributed by atoms with Crippen LogP contribution in [0, 0.1) is 25.5 Å². The molecule has 0 saturated carbocycles. The van der Waals surface area contributed by atoms with E-state index in [9.17, 15) is 22.0 Å². The lowest BCUT2D eigenvalue weighted by atomic mass is 10.1. The summed E-state index contributed by atoms with van der Waals surface area (Å²) in [5.74, 6) is -3.38. The second kappa shape index (κ2) is 6.91. The van der Waals surface area contributed by atoms with Gasteiger partial charge >= 0.3 is 5.97 Å². The third kappa shape index (κ3) is 3.95. The van der Waals surface area contributed by atoms with Gasteiger partial charge in [-0.2, -0.15) is 5.10 Å². The van der Waals surface area contributed by atoms with Crippen LogP contribution in [0.2, 0.25) is 0 Å². The number of halogens is 2. The zero-order chi connectivity index (χ0) is 20.7. The van der Waals surface area contributed by atoms with Gasteiger partial charge in [-0.3, -0.25) is 9.40 Å². The molecule has 7 nitrogen and oxygen atoms in total. The standard InChI is InChI=1S/C17H21F2N3O4S/c1-9-15(10(2)22(20-9)17(3,4)5)27(24,25)21-14-7-11(16(23)26-6)12(18)8-13(14)19/h7-8,21H,1-6H3. The molecular formula is C17H21F2N3O4S. The first-order valence-electron chi connectivity index (χ1n) is 7.96. The Balaban J connectivity index is 2.56. The molecule has 27 heavy (non-hydrogen) atoms. The van der Waals surface area contributed by atoms with Gasteiger partial charge in [0.25, 0.3) is 10.0 Å². The number of carbonyl (C=O) groups is 1. The fourth-order valence-corrected chi connectivity index (χ4v) is 4.21. The van der Waals surface area contributed by atoms with Crippen molar-refractivity contribution in [1.82, 2.24) is 9.78 Å². The number of esters is 1. The molecule has 10 heteroatoms. The van der Waals surface area contributed by atoms with E-state index in [2.05, 4.69) is 14.6 Å². The highest BCUT2D eigenvalue weighted by Crippen LogP contribution is 2.28. The van der Waals surface area contributed by atoms with Gasteiger partial charge in [0, 0.05) is 6.07 Å². The van der Waals surface area contributed by atoms with Crippen molar-refractivity contribution in [2.24, 2.45) is 0 Å². The number of methoxy groups -OCH3 is 1. The Bertz CT molecular complexity index is 1010. The summed E-state index contributed by atoms with van der Waals surface area (Å²) in [6.45, 7) is 8.68. The van der Waals surface area contributed by atoms with E-state index in [1.54, 1.807) is 11.6 Å². The molecule has 0 saturated heterocycles. The van der Waals surface area contributed by atoms with E-state index in [0.717, 1.165) is 13.2 Å². The second-order valence-corrected chi connectivity index (χ2v) is 8.61. The molecule has 0 amide bonds. The number of hydrogen-bond acceptors (Lipinski definition) is 5. The molecule has 0 radical (unpaired) electrons. The number of nitrogens with one attached hydrogen (secondary N) is 1. The van der Waals surface area contributed by atoms with E-state index >= 15 is 0 Å². The molecule has 0 aliphatic heterocycles. The summed E-state index contributed by atoms with van der Waals surface area (Å²) in [5.41, 5.74) is -1.04. The van der Waals surface area contributed by atoms with Crippen molar-refractivity contribution in [2.45, 2.75) is 45.1 Å². The summed E-state index contributed by atoms with van der Waals surface area (Å²) in [7, 11) is -3.22. The molecule has 1 aromatic heterocycles. The highest BCUT2D eigenvalue weighted by Gasteiger charge is 2.29. The predicted octanol–water partition coefficient (Wildman–Crippen LogP) is 3.12. The minimum absolute atomic E-state index is 0.110. The van der Waals surface area contributed by atoms with Gasteiger partial charge in [0.15, 0.2) is 0 Å². The Morgan fingerprint density at radius 1 is 1.19 bits per heavy atom. The summed E-state index contributed by atoms with van der Waals surface area (Å²) in [5, 5.41) is 4.25. The molecule has 148 valence electrons. The fourth-order valence-electron chi connectivity index (χ4n) is 2.76. The Kier molecular flexibility index (Phi) is 5.33. The second-order valence-electron chi connectivity index (χ2n) is 6.99. The van der Waals surface area contributed by atoms with Crippen molar-refractivity contribution in [3.8, 4) is 0 Å². The average molecular weight is 401 g/mol. The van der Waals surface area contributed by atoms with Crippen LogP contribution < -0.4 is 4.72 Å². The quantitative estimate of drug-likeness (QED) is 0.795. The normalized spacial score (nSPS) is 12.1. The van der Waals surface area contributed by atoms with E-state index in [4.69, 9.17) is 0 Å². The van der Waals surface area contributed by atoms with E-state index in [-0.39, 0.29) is 10.6 Å². The number of aryl methyl sites for hydroxylation is 1. The van der Waals surface area contributed by atoms with E-state index in [1.807, 2.05) is 20.8 Å². The van der Waals surface area contributed by atoms with Gasteiger partial charge in [0.05, 0.1) is 35.3 Å². The SMILES string of the molecule is COC(=O)c1cc(NS(=O)(=O)c2c(C)nn(C(C)(C)C)c2C)c(F)cc1F. The van der Waals surface area contributed by atoms with E-state index in [0.29, 0.717) is 11.8 Å². The molecule has 0 spiro atoms. The van der Waals surface area contributed by atoms with E-state index in [1.165, 1.54) is 6.92 Å². The van der Waals surface area contributed by atoms with Crippen LogP contribution in [0.25, 0.3) is 0 Å². The number of hydrogen-bond donors (Lipinski definition) is 1. The van der Waals surface area contributed by atoms with Gasteiger partial charge in [0.1, 0.15) is 16.5 Å². The number of sulfonamides is 1. The van der Waals surface area contributed by atoms with Gasteiger partial charge in [-0.15, -0.1) is 0 Å². The summed E-state index contributed by atoms with van der Waals surface area (Å²) in [6.07, 6.45) is 0. The van der Waals surface area contributed by atoms with Crippen molar-refractivity contribution in [1.29, 1.82) is 0 Å². The number of ether oxygens (including phenoxy) is 1. The smallest absolute Gasteiger partial charge is 0.340 e. The summed E-state index contributed by atoms with van der Waals surface area (Å²) in [4.78, 5) is 11.5. The van der Waals surface area contributed by atoms with Gasteiger partial charge in [-0.1, -0.05) is 0 Å². The van der Waals surface area contributed by atoms with Crippen molar-refractivity contribution in [3.05, 3.63) is 40.7 Å². The summed E-state index contributed by atoms with van der Waals surface area (Å²) < 4.78 is 61.5. The Hall–Kier alpha value is -2.49. The molecule has 0 unspecified atom stereocenters. The molecule has 0 fully saturated rings. The molecule has 1 N–H and O–H groups in total. The number of rotatable bonds is 4. The Labute approximate surface area is 156 Å². The molecule has 2 aromatic rings. The van der Waals surface area contributed by atoms with Crippen molar-refractivity contribution in [2.75, 3.05) is 11.8 Å². The number of benzene rings is 1. The monoisotopic (exact) mass is 401 g/mol. The van der Waals surface area contributed by atoms with Crippen molar-refractivity contribution >= 4 is 21.7 Å². The van der Waals surface area contributed by atoms with Crippen LogP contribution in [0.1, 0.15) is 42.5 Å². The van der Waals surface area contributed by atoms with Gasteiger partial charge < -0.3 is 4.74 Å². The van der Waals surface area contributed by atoms with Crippen LogP contribution in [-0.2, 0) is 20.3 Å². The van der Waals surface area contributed by atoms with Gasteiger partial charge in [0.2, 0.25) is 0 Å². The predicted molar refractivity (Wildman–Crippen MR) is 95.2 cm³/mol. The van der Waals surface area contributed by atoms with Crippen LogP contribution in [0.4, 0.5) is 14.5 Å². The highest BCUT2D eigenvalue weighted by molar-refractivity contribution is 7.92. The number of nitrogens with zero attached hydrogens (tertiary/aromatic N) is 2. The molecule has 1 aromatic carbocycles. The zero-order valence-electron chi connectivity index (χ0n) is 15.8. The highest BCUT2D eigenvalue weighted by atomic mass is 32.2. The summed E-state index contributed by atoms with van der Waals surface area (Å²) in [6, 6.07) is 1.18. The summed E-state index contributed by atoms with van der Waals surface area (Å²) >= 11 is 0. The number of anilines is 1. The minimum Gasteiger partial charge on any atom is -0.465 e. The van der Waals surface area contributed by atoms with E-state index < -0.39 is 44.4 Å². The first-order chi connectivity index (χ1) is 12.3. The molecule has 0 aliphatic rings. The lowest BCUT2D eigenvalue weighted by Gasteiger charge is -2.21. The first-order valence-corrected chi connectivity index (χ1v) is 9.44. The Morgan fingerprint density at radius 2 is 1.78 bits per heavy atom. The molecule has 0 aliphatic carbocycles. The average Bonchev–Trinajstić information content (AvgIpc) is 2.84. The lowest BCUT2D eigenvalue weighted by Crippen LogP contribution is -2.25. The first kappa shape index (κ1) is 20.8. The van der Waals surface area contributed by atoms with Crippen molar-refractivity contribution < 1.29 is 26.7 Å². The zero-order valence-corrected chi connectivity index (χ0v) is 16.7. The molecule has 1 heterocycles. The van der Waals surface area contributed by atoms with Crippen molar-refractivity contribution in [3.63, 3.8) is 0 Å². The maximum absolute atomic E-state index is 14.1. The third-order valence-corrected chi connectivity index (χ3v) is 5.45. The molecule has 0 bridgehead atoms. The van der Waals surface area contributed by atoms with Crippen LogP contribution in [0.15, 0.2) is 17.0 Å². The number of carbonyl (C=O) groups excluding carboxylic acids is 1. The Morgan fingerprint density at radius 3 is 2.26 bits per heavy atom. The van der Waals surface area contributed by atoms with Crippen LogP contribution in [0.3, 0.4) is 0 Å². The van der Waals surface area contributed by atoms with Gasteiger partial charge in [-0.25, -0.2) is 22.0 Å². The van der Waals surface area contributed by atoms with Crippen LogP contribution in [0.5, 0.6) is 0 Å². The molecule has 0 atom stereocenters.